The second-order valence-electron chi connectivity index (χ2n) is 12.4. The summed E-state index contributed by atoms with van der Waals surface area (Å²) in [5.74, 6) is 0.579. The van der Waals surface area contributed by atoms with Crippen LogP contribution in [-0.4, -0.2) is 50.5 Å². The SMILES string of the molecule is C=CCc1cc(/C=c2\sc3n(c2=O)[C@H](c2ccc(OCC(=O)OC)c(OCC)c2)C(C(=O)OCC)=C(C)N=3)cc(OC)c1OCc1cccc2ccccc12. The zero-order valence-corrected chi connectivity index (χ0v) is 32.2. The van der Waals surface area contributed by atoms with E-state index < -0.39 is 18.0 Å². The second-order valence-corrected chi connectivity index (χ2v) is 13.4. The van der Waals surface area contributed by atoms with E-state index in [2.05, 4.69) is 24.8 Å². The molecule has 1 aliphatic heterocycles. The lowest BCUT2D eigenvalue weighted by atomic mass is 9.95. The molecule has 0 unspecified atom stereocenters. The Balaban J connectivity index is 1.43. The molecule has 4 aromatic carbocycles. The van der Waals surface area contributed by atoms with Gasteiger partial charge in [-0.2, -0.15) is 0 Å². The van der Waals surface area contributed by atoms with Crippen molar-refractivity contribution in [2.24, 2.45) is 4.99 Å². The largest absolute Gasteiger partial charge is 0.493 e. The van der Waals surface area contributed by atoms with Gasteiger partial charge in [-0.15, -0.1) is 6.58 Å². The monoisotopic (exact) mass is 762 g/mol. The lowest BCUT2D eigenvalue weighted by molar-refractivity contribution is -0.143. The predicted molar refractivity (Wildman–Crippen MR) is 211 cm³/mol. The average Bonchev–Trinajstić information content (AvgIpc) is 3.49. The van der Waals surface area contributed by atoms with E-state index in [9.17, 15) is 14.4 Å². The number of methoxy groups -OCH3 is 2. The normalized spacial score (nSPS) is 13.8. The van der Waals surface area contributed by atoms with Crippen LogP contribution in [0.1, 0.15) is 49.1 Å². The van der Waals surface area contributed by atoms with Gasteiger partial charge in [-0.3, -0.25) is 9.36 Å². The third-order valence-corrected chi connectivity index (χ3v) is 9.94. The fourth-order valence-electron chi connectivity index (χ4n) is 6.49. The van der Waals surface area contributed by atoms with Crippen molar-refractivity contribution < 1.29 is 38.0 Å². The summed E-state index contributed by atoms with van der Waals surface area (Å²) in [6, 6.07) is 22.2. The maximum Gasteiger partial charge on any atom is 0.343 e. The minimum Gasteiger partial charge on any atom is -0.493 e. The van der Waals surface area contributed by atoms with Gasteiger partial charge in [-0.05, 0) is 85.0 Å². The Bertz CT molecular complexity index is 2470. The van der Waals surface area contributed by atoms with Gasteiger partial charge in [0.25, 0.3) is 5.56 Å². The molecule has 0 fully saturated rings. The number of benzene rings is 4. The van der Waals surface area contributed by atoms with Gasteiger partial charge in [0.1, 0.15) is 6.61 Å². The predicted octanol–water partition coefficient (Wildman–Crippen LogP) is 6.22. The molecule has 55 heavy (non-hydrogen) atoms. The van der Waals surface area contributed by atoms with Gasteiger partial charge in [0.05, 0.1) is 49.3 Å². The minimum atomic E-state index is -0.901. The molecule has 6 rings (SSSR count). The molecule has 0 aliphatic carbocycles. The zero-order chi connectivity index (χ0) is 39.1. The fourth-order valence-corrected chi connectivity index (χ4v) is 7.54. The molecule has 0 saturated carbocycles. The third-order valence-electron chi connectivity index (χ3n) is 8.96. The van der Waals surface area contributed by atoms with Gasteiger partial charge in [0, 0.05) is 5.56 Å². The summed E-state index contributed by atoms with van der Waals surface area (Å²) < 4.78 is 35.9. The topological polar surface area (TPSA) is 124 Å². The summed E-state index contributed by atoms with van der Waals surface area (Å²) in [5, 5.41) is 2.24. The Hall–Kier alpha value is -6.14. The quantitative estimate of drug-likeness (QED) is 0.0904. The molecular formula is C43H42N2O9S. The number of aromatic nitrogens is 1. The number of nitrogens with zero attached hydrogens (tertiary/aromatic N) is 2. The van der Waals surface area contributed by atoms with E-state index in [-0.39, 0.29) is 24.3 Å². The first-order valence-corrected chi connectivity index (χ1v) is 18.6. The second kappa shape index (κ2) is 17.3. The lowest BCUT2D eigenvalue weighted by Crippen LogP contribution is -2.40. The van der Waals surface area contributed by atoms with Crippen LogP contribution in [0.25, 0.3) is 16.8 Å². The van der Waals surface area contributed by atoms with Crippen molar-refractivity contribution >= 4 is 40.1 Å². The highest BCUT2D eigenvalue weighted by Crippen LogP contribution is 2.37. The Morgan fingerprint density at radius 3 is 2.45 bits per heavy atom. The van der Waals surface area contributed by atoms with Crippen LogP contribution in [0.5, 0.6) is 23.0 Å². The van der Waals surface area contributed by atoms with Gasteiger partial charge in [0.15, 0.2) is 34.4 Å². The smallest absolute Gasteiger partial charge is 0.343 e. The van der Waals surface area contributed by atoms with Crippen molar-refractivity contribution in [3.8, 4) is 23.0 Å². The van der Waals surface area contributed by atoms with Gasteiger partial charge in [-0.1, -0.05) is 65.9 Å². The Morgan fingerprint density at radius 2 is 1.71 bits per heavy atom. The highest BCUT2D eigenvalue weighted by atomic mass is 32.1. The molecule has 1 aromatic heterocycles. The summed E-state index contributed by atoms with van der Waals surface area (Å²) >= 11 is 1.21. The first-order chi connectivity index (χ1) is 26.7. The van der Waals surface area contributed by atoms with Crippen LogP contribution < -0.4 is 33.8 Å². The van der Waals surface area contributed by atoms with Crippen molar-refractivity contribution in [2.75, 3.05) is 34.0 Å². The minimum absolute atomic E-state index is 0.133. The number of hydrogen-bond donors (Lipinski definition) is 0. The summed E-state index contributed by atoms with van der Waals surface area (Å²) in [6.07, 6.45) is 4.07. The third kappa shape index (κ3) is 8.19. The molecule has 0 amide bonds. The number of ether oxygens (including phenoxy) is 6. The summed E-state index contributed by atoms with van der Waals surface area (Å²) in [5.41, 5.74) is 3.43. The average molecular weight is 763 g/mol. The molecule has 0 spiro atoms. The maximum absolute atomic E-state index is 14.4. The molecule has 5 aromatic rings. The molecule has 1 atom stereocenters. The number of rotatable bonds is 15. The molecule has 1 aliphatic rings. The van der Waals surface area contributed by atoms with E-state index >= 15 is 0 Å². The highest BCUT2D eigenvalue weighted by molar-refractivity contribution is 7.07. The first kappa shape index (κ1) is 38.6. The van der Waals surface area contributed by atoms with Gasteiger partial charge in [-0.25, -0.2) is 14.6 Å². The summed E-state index contributed by atoms with van der Waals surface area (Å²) in [4.78, 5) is 44.9. The molecule has 0 radical (unpaired) electrons. The van der Waals surface area contributed by atoms with Crippen LogP contribution in [0.4, 0.5) is 0 Å². The summed E-state index contributed by atoms with van der Waals surface area (Å²) in [7, 11) is 2.85. The Labute approximate surface area is 322 Å². The molecule has 12 heteroatoms. The number of carbonyl (C=O) groups is 2. The number of esters is 2. The molecule has 0 bridgehead atoms. The van der Waals surface area contributed by atoms with Crippen molar-refractivity contribution in [3.05, 3.63) is 139 Å². The maximum atomic E-state index is 14.4. The van der Waals surface area contributed by atoms with E-state index in [1.165, 1.54) is 23.0 Å². The van der Waals surface area contributed by atoms with E-state index in [4.69, 9.17) is 33.4 Å². The van der Waals surface area contributed by atoms with Crippen molar-refractivity contribution in [2.45, 2.75) is 39.8 Å². The Kier molecular flexibility index (Phi) is 12.2. The van der Waals surface area contributed by atoms with Crippen molar-refractivity contribution in [1.29, 1.82) is 0 Å². The standard InChI is InChI=1S/C43H42N2O9S/c1-7-13-30-20-27(21-35(49-5)40(30)54-24-31-16-12-15-28-14-10-11-17-32(28)31)22-36-41(47)45-39(38(42(48)52-9-3)26(4)44-43(45)55-36)29-18-19-33(34(23-29)51-8-2)53-25-37(46)50-6/h7,10-12,14-23,39H,1,8-9,13,24-25H2,2-6H3/b36-22-/t39-/m1/s1. The highest BCUT2D eigenvalue weighted by Gasteiger charge is 2.34. The lowest BCUT2D eigenvalue weighted by Gasteiger charge is -2.25. The molecule has 0 N–H and O–H groups in total. The molecular weight excluding hydrogens is 721 g/mol. The van der Waals surface area contributed by atoms with E-state index in [1.807, 2.05) is 43.3 Å². The van der Waals surface area contributed by atoms with Crippen LogP contribution in [0.3, 0.4) is 0 Å². The molecule has 0 saturated heterocycles. The van der Waals surface area contributed by atoms with Crippen LogP contribution >= 0.6 is 11.3 Å². The van der Waals surface area contributed by atoms with Crippen LogP contribution in [0.15, 0.2) is 107 Å². The number of allylic oxidation sites excluding steroid dienone is 2. The van der Waals surface area contributed by atoms with Gasteiger partial charge in [0.2, 0.25) is 0 Å². The number of fused-ring (bicyclic) bond motifs is 2. The van der Waals surface area contributed by atoms with Crippen molar-refractivity contribution in [1.82, 2.24) is 4.57 Å². The number of hydrogen-bond acceptors (Lipinski definition) is 11. The molecule has 284 valence electrons. The van der Waals surface area contributed by atoms with E-state index in [0.29, 0.717) is 68.8 Å². The van der Waals surface area contributed by atoms with E-state index in [0.717, 1.165) is 21.9 Å². The van der Waals surface area contributed by atoms with Crippen LogP contribution in [0, 0.1) is 0 Å². The Morgan fingerprint density at radius 1 is 0.909 bits per heavy atom. The molecule has 11 nitrogen and oxygen atoms in total. The number of thiazole rings is 1. The first-order valence-electron chi connectivity index (χ1n) is 17.8. The van der Waals surface area contributed by atoms with Gasteiger partial charge >= 0.3 is 11.9 Å². The zero-order valence-electron chi connectivity index (χ0n) is 31.4. The van der Waals surface area contributed by atoms with Crippen LogP contribution in [-0.2, 0) is 32.1 Å². The van der Waals surface area contributed by atoms with Crippen LogP contribution in [0.2, 0.25) is 0 Å². The summed E-state index contributed by atoms with van der Waals surface area (Å²) in [6.45, 7) is 9.63. The molecule has 2 heterocycles. The fraction of sp³-hybridized carbons (Fsp3) is 0.256. The van der Waals surface area contributed by atoms with Gasteiger partial charge < -0.3 is 28.4 Å². The van der Waals surface area contributed by atoms with Crippen molar-refractivity contribution in [3.63, 3.8) is 0 Å². The number of carbonyl (C=O) groups excluding carboxylic acids is 2. The van der Waals surface area contributed by atoms with E-state index in [1.54, 1.807) is 51.3 Å².